The lowest BCUT2D eigenvalue weighted by Gasteiger charge is -2.11. The normalized spacial score (nSPS) is 11.0. The van der Waals surface area contributed by atoms with Crippen LogP contribution in [0.25, 0.3) is 0 Å². The first-order valence-corrected chi connectivity index (χ1v) is 10.0. The Kier molecular flexibility index (Phi) is 10.6. The quantitative estimate of drug-likeness (QED) is 0.468. The molecule has 28 heavy (non-hydrogen) atoms. The molecule has 2 aromatic rings. The van der Waals surface area contributed by atoms with Crippen LogP contribution >= 0.6 is 11.8 Å². The molecular weight excluding hydrogens is 368 g/mol. The minimum absolute atomic E-state index is 0.218. The van der Waals surface area contributed by atoms with Crippen LogP contribution in [0.2, 0.25) is 0 Å². The molecule has 0 aliphatic heterocycles. The first-order valence-electron chi connectivity index (χ1n) is 9.20. The molecule has 0 spiro atoms. The number of carbonyl (C=O) groups is 1. The van der Waals surface area contributed by atoms with Gasteiger partial charge in [-0.3, -0.25) is 4.79 Å². The number of ether oxygens (including phenoxy) is 1. The van der Waals surface area contributed by atoms with E-state index < -0.39 is 0 Å². The smallest absolute Gasteiger partial charge is 0.205 e. The third kappa shape index (κ3) is 7.92. The van der Waals surface area contributed by atoms with Crippen molar-refractivity contribution >= 4 is 17.5 Å². The van der Waals surface area contributed by atoms with Gasteiger partial charge in [-0.15, -0.1) is 0 Å². The van der Waals surface area contributed by atoms with Crippen LogP contribution in [0.4, 0.5) is 0 Å². The lowest BCUT2D eigenvalue weighted by Crippen LogP contribution is -2.10. The number of aryl methyl sites for hydroxylation is 1. The van der Waals surface area contributed by atoms with Crippen molar-refractivity contribution in [1.29, 1.82) is 0 Å². The summed E-state index contributed by atoms with van der Waals surface area (Å²) in [5.74, 6) is 0.286. The number of para-hydroxylation sites is 1. The molecule has 2 rings (SSSR count). The van der Waals surface area contributed by atoms with Crippen molar-refractivity contribution in [2.45, 2.75) is 33.1 Å². The maximum Gasteiger partial charge on any atom is 0.205 e. The van der Waals surface area contributed by atoms with Crippen LogP contribution < -0.4 is 16.2 Å². The fraction of sp³-hybridized carbons (Fsp3) is 0.261. The van der Waals surface area contributed by atoms with Crippen molar-refractivity contribution in [3.63, 3.8) is 0 Å². The molecule has 5 heteroatoms. The summed E-state index contributed by atoms with van der Waals surface area (Å²) in [6.45, 7) is 7.44. The van der Waals surface area contributed by atoms with Crippen LogP contribution in [0.3, 0.4) is 0 Å². The second-order valence-corrected chi connectivity index (χ2v) is 7.34. The summed E-state index contributed by atoms with van der Waals surface area (Å²) in [5.41, 5.74) is 13.5. The number of ketones is 1. The Labute approximate surface area is 172 Å². The van der Waals surface area contributed by atoms with E-state index in [-0.39, 0.29) is 5.78 Å². The molecule has 4 nitrogen and oxygen atoms in total. The molecule has 0 saturated heterocycles. The lowest BCUT2D eigenvalue weighted by atomic mass is 10.1. The van der Waals surface area contributed by atoms with E-state index >= 15 is 0 Å². The minimum Gasteiger partial charge on any atom is -0.496 e. The van der Waals surface area contributed by atoms with E-state index in [1.54, 1.807) is 31.2 Å². The number of nitrogens with two attached hydrogens (primary N) is 2. The van der Waals surface area contributed by atoms with Crippen LogP contribution in [0.5, 0.6) is 5.75 Å². The first-order chi connectivity index (χ1) is 13.4. The molecule has 0 heterocycles. The highest BCUT2D eigenvalue weighted by Crippen LogP contribution is 2.29. The number of allylic oxidation sites excluding steroid dienone is 2. The van der Waals surface area contributed by atoms with Gasteiger partial charge < -0.3 is 16.2 Å². The Morgan fingerprint density at radius 1 is 1.07 bits per heavy atom. The number of methoxy groups -OCH3 is 1. The highest BCUT2D eigenvalue weighted by atomic mass is 32.2. The molecular formula is C23H30N2O2S. The number of hydrogen-bond donors (Lipinski definition) is 2. The lowest BCUT2D eigenvalue weighted by molar-refractivity contribution is 0.103. The molecule has 2 aromatic carbocycles. The number of unbranched alkanes of at least 4 members (excludes halogenated alkanes) is 1. The van der Waals surface area contributed by atoms with Crippen molar-refractivity contribution < 1.29 is 9.53 Å². The standard InChI is InChI=1S/C13H16N2O2S.C10H14/c1-8(14)13(18-9(2)15)12(16)10-6-4-5-7-11(10)17-3;1-2-3-7-10-8-5-4-6-9-10/h4-7H,2,14-15H2,1,3H3;4-6,8-9H,2-3,7H2,1H3/b13-8+;. The number of thioether (sulfide) groups is 1. The second-order valence-electron chi connectivity index (χ2n) is 6.20. The van der Waals surface area contributed by atoms with E-state index in [9.17, 15) is 4.79 Å². The fourth-order valence-electron chi connectivity index (χ4n) is 2.42. The van der Waals surface area contributed by atoms with Crippen LogP contribution in [-0.2, 0) is 6.42 Å². The maximum absolute atomic E-state index is 12.4. The summed E-state index contributed by atoms with van der Waals surface area (Å²) < 4.78 is 5.15. The number of rotatable bonds is 8. The largest absolute Gasteiger partial charge is 0.496 e. The van der Waals surface area contributed by atoms with Gasteiger partial charge in [-0.05, 0) is 37.5 Å². The van der Waals surface area contributed by atoms with Gasteiger partial charge >= 0.3 is 0 Å². The van der Waals surface area contributed by atoms with Crippen molar-refractivity contribution in [2.24, 2.45) is 11.5 Å². The zero-order valence-corrected chi connectivity index (χ0v) is 17.7. The molecule has 0 aliphatic rings. The third-order valence-electron chi connectivity index (χ3n) is 3.81. The maximum atomic E-state index is 12.4. The van der Waals surface area contributed by atoms with Crippen molar-refractivity contribution in [1.82, 2.24) is 0 Å². The summed E-state index contributed by atoms with van der Waals surface area (Å²) >= 11 is 1.06. The Balaban J connectivity index is 0.000000330. The van der Waals surface area contributed by atoms with Crippen molar-refractivity contribution in [2.75, 3.05) is 7.11 Å². The van der Waals surface area contributed by atoms with E-state index in [1.807, 2.05) is 0 Å². The molecule has 0 aromatic heterocycles. The fourth-order valence-corrected chi connectivity index (χ4v) is 3.04. The topological polar surface area (TPSA) is 78.3 Å². The van der Waals surface area contributed by atoms with Gasteiger partial charge in [0.05, 0.1) is 22.6 Å². The monoisotopic (exact) mass is 398 g/mol. The summed E-state index contributed by atoms with van der Waals surface area (Å²) in [5, 5.41) is 0.318. The third-order valence-corrected chi connectivity index (χ3v) is 4.78. The van der Waals surface area contributed by atoms with Gasteiger partial charge in [-0.25, -0.2) is 0 Å². The summed E-state index contributed by atoms with van der Waals surface area (Å²) in [6, 6.07) is 17.6. The summed E-state index contributed by atoms with van der Waals surface area (Å²) in [7, 11) is 1.51. The average molecular weight is 399 g/mol. The predicted molar refractivity (Wildman–Crippen MR) is 120 cm³/mol. The summed E-state index contributed by atoms with van der Waals surface area (Å²) in [4.78, 5) is 12.7. The number of carbonyl (C=O) groups excluding carboxylic acids is 1. The van der Waals surface area contributed by atoms with E-state index in [0.717, 1.165) is 11.8 Å². The van der Waals surface area contributed by atoms with Crippen LogP contribution in [0, 0.1) is 0 Å². The van der Waals surface area contributed by atoms with Crippen molar-refractivity contribution in [3.8, 4) is 5.75 Å². The van der Waals surface area contributed by atoms with Gasteiger partial charge in [0.25, 0.3) is 0 Å². The number of benzene rings is 2. The second kappa shape index (κ2) is 12.7. The first kappa shape index (κ1) is 23.4. The van der Waals surface area contributed by atoms with Gasteiger partial charge in [0.2, 0.25) is 5.78 Å². The molecule has 0 saturated carbocycles. The Morgan fingerprint density at radius 2 is 1.68 bits per heavy atom. The van der Waals surface area contributed by atoms with Gasteiger partial charge in [0.1, 0.15) is 5.75 Å². The van der Waals surface area contributed by atoms with Crippen LogP contribution in [0.15, 0.2) is 76.8 Å². The van der Waals surface area contributed by atoms with Crippen LogP contribution in [-0.4, -0.2) is 12.9 Å². The molecule has 4 N–H and O–H groups in total. The minimum atomic E-state index is -0.218. The van der Waals surface area contributed by atoms with E-state index in [4.69, 9.17) is 16.2 Å². The average Bonchev–Trinajstić information content (AvgIpc) is 2.71. The van der Waals surface area contributed by atoms with Gasteiger partial charge in [-0.1, -0.05) is 74.1 Å². The molecule has 0 atom stereocenters. The molecule has 0 radical (unpaired) electrons. The molecule has 0 bridgehead atoms. The highest BCUT2D eigenvalue weighted by Gasteiger charge is 2.19. The molecule has 0 fully saturated rings. The molecule has 0 aliphatic carbocycles. The van der Waals surface area contributed by atoms with Gasteiger partial charge in [0.15, 0.2) is 0 Å². The molecule has 150 valence electrons. The van der Waals surface area contributed by atoms with E-state index in [2.05, 4.69) is 43.8 Å². The Bertz CT molecular complexity index is 797. The highest BCUT2D eigenvalue weighted by molar-refractivity contribution is 8.07. The van der Waals surface area contributed by atoms with E-state index in [1.165, 1.54) is 31.9 Å². The molecule has 0 unspecified atom stereocenters. The molecule has 0 amide bonds. The van der Waals surface area contributed by atoms with Crippen LogP contribution in [0.1, 0.15) is 42.6 Å². The zero-order chi connectivity index (χ0) is 20.9. The zero-order valence-electron chi connectivity index (χ0n) is 16.9. The number of hydrogen-bond acceptors (Lipinski definition) is 5. The Hall–Kier alpha value is -2.66. The summed E-state index contributed by atoms with van der Waals surface area (Å²) in [6.07, 6.45) is 3.83. The SMILES string of the molecule is C=C(N)S/C(C(=O)c1ccccc1OC)=C(\C)N.CCCCc1ccccc1. The van der Waals surface area contributed by atoms with Crippen molar-refractivity contribution in [3.05, 3.63) is 87.9 Å². The predicted octanol–water partition coefficient (Wildman–Crippen LogP) is 5.26. The Morgan fingerprint density at radius 3 is 2.21 bits per heavy atom. The van der Waals surface area contributed by atoms with E-state index in [0.29, 0.717) is 26.9 Å². The van der Waals surface area contributed by atoms with Gasteiger partial charge in [0, 0.05) is 5.70 Å². The number of Topliss-reactive ketones (excluding diaryl/α,β-unsaturated/α-hetero) is 1. The van der Waals surface area contributed by atoms with Gasteiger partial charge in [-0.2, -0.15) is 0 Å².